The Bertz CT molecular complexity index is 1380. The van der Waals surface area contributed by atoms with Crippen molar-refractivity contribution in [1.82, 2.24) is 29.9 Å². The summed E-state index contributed by atoms with van der Waals surface area (Å²) in [6, 6.07) is 3.43. The Morgan fingerprint density at radius 3 is 2.28 bits per heavy atom. The fourth-order valence-corrected chi connectivity index (χ4v) is 3.79. The topological polar surface area (TPSA) is 134 Å². The van der Waals surface area contributed by atoms with E-state index in [0.29, 0.717) is 23.0 Å². The average molecular weight is 521 g/mol. The number of hydrogen-bond acceptors (Lipinski definition) is 9. The van der Waals surface area contributed by atoms with Crippen molar-refractivity contribution in [2.45, 2.75) is 32.4 Å². The third kappa shape index (κ3) is 6.45. The monoisotopic (exact) mass is 520 g/mol. The van der Waals surface area contributed by atoms with Crippen LogP contribution in [0.2, 0.25) is 25.7 Å². The minimum absolute atomic E-state index is 0.0401. The Morgan fingerprint density at radius 2 is 1.64 bits per heavy atom. The molecule has 0 aliphatic rings. The quantitative estimate of drug-likeness (QED) is 0.220. The summed E-state index contributed by atoms with van der Waals surface area (Å²) in [4.78, 5) is 30.6. The molecule has 14 heteroatoms. The van der Waals surface area contributed by atoms with Gasteiger partial charge in [0, 0.05) is 14.7 Å². The highest BCUT2D eigenvalue weighted by molar-refractivity contribution is 6.76. The molecule has 36 heavy (non-hydrogen) atoms. The van der Waals surface area contributed by atoms with Crippen LogP contribution in [0.25, 0.3) is 22.1 Å². The van der Waals surface area contributed by atoms with E-state index < -0.39 is 31.6 Å². The molecule has 0 fully saturated rings. The van der Waals surface area contributed by atoms with Gasteiger partial charge in [-0.25, -0.2) is 33.0 Å². The number of carbonyl (C=O) groups is 2. The number of aromatic nitrogens is 6. The van der Waals surface area contributed by atoms with Crippen molar-refractivity contribution in [3.8, 4) is 0 Å². The van der Waals surface area contributed by atoms with Crippen molar-refractivity contribution in [2.24, 2.45) is 0 Å². The number of ether oxygens (including phenoxy) is 3. The molecule has 0 spiro atoms. The van der Waals surface area contributed by atoms with Crippen LogP contribution >= 0.6 is 0 Å². The maximum atomic E-state index is 13.4. The predicted octanol–water partition coefficient (Wildman–Crippen LogP) is 3.55. The Balaban J connectivity index is 0.000000221. The summed E-state index contributed by atoms with van der Waals surface area (Å²) in [5, 5.41) is 10.9. The third-order valence-electron chi connectivity index (χ3n) is 4.91. The second-order valence-corrected chi connectivity index (χ2v) is 14.4. The molecule has 4 aromatic heterocycles. The van der Waals surface area contributed by atoms with Gasteiger partial charge >= 0.3 is 11.9 Å². The summed E-state index contributed by atoms with van der Waals surface area (Å²) in [5.41, 5.74) is 0.828. The lowest BCUT2D eigenvalue weighted by atomic mass is 10.2. The lowest BCUT2D eigenvalue weighted by Crippen LogP contribution is -2.22. The van der Waals surface area contributed by atoms with E-state index >= 15 is 0 Å². The molecule has 4 aromatic rings. The zero-order valence-electron chi connectivity index (χ0n) is 20.5. The number of carbonyl (C=O) groups excluding carboxylic acids is 2. The summed E-state index contributed by atoms with van der Waals surface area (Å²) >= 11 is 0. The number of pyridine rings is 2. The molecule has 4 heterocycles. The molecule has 0 amide bonds. The average Bonchev–Trinajstić information content (AvgIpc) is 3.41. The second-order valence-electron chi connectivity index (χ2n) is 8.83. The van der Waals surface area contributed by atoms with Gasteiger partial charge in [0.25, 0.3) is 0 Å². The maximum absolute atomic E-state index is 13.4. The highest BCUT2D eigenvalue weighted by Crippen LogP contribution is 2.19. The summed E-state index contributed by atoms with van der Waals surface area (Å²) in [6.07, 6.45) is 2.12. The number of hydrogen-bond donors (Lipinski definition) is 1. The Labute approximate surface area is 205 Å². The molecule has 0 aliphatic carbocycles. The minimum Gasteiger partial charge on any atom is -0.464 e. The molecular formula is C22H26F2N6O5Si. The summed E-state index contributed by atoms with van der Waals surface area (Å²) in [7, 11) is 1.32. The van der Waals surface area contributed by atoms with E-state index in [1.165, 1.54) is 31.0 Å². The van der Waals surface area contributed by atoms with Crippen LogP contribution in [0, 0.1) is 11.6 Å². The van der Waals surface area contributed by atoms with Crippen LogP contribution in [0.15, 0.2) is 24.5 Å². The molecule has 0 saturated carbocycles. The van der Waals surface area contributed by atoms with Gasteiger partial charge in [0.2, 0.25) is 0 Å². The predicted molar refractivity (Wildman–Crippen MR) is 128 cm³/mol. The zero-order valence-corrected chi connectivity index (χ0v) is 21.5. The van der Waals surface area contributed by atoms with Crippen LogP contribution in [0.3, 0.4) is 0 Å². The Hall–Kier alpha value is -3.78. The van der Waals surface area contributed by atoms with Crippen molar-refractivity contribution in [1.29, 1.82) is 0 Å². The van der Waals surface area contributed by atoms with Crippen LogP contribution in [-0.2, 0) is 20.9 Å². The molecule has 11 nitrogen and oxygen atoms in total. The SMILES string of the molecule is COC(=O)c1[nH]nc2ncc(F)cc12.COC(=O)c1nn(COCC[Si](C)(C)C)c2ncc(F)cc12. The molecule has 0 radical (unpaired) electrons. The summed E-state index contributed by atoms with van der Waals surface area (Å²) in [6.45, 7) is 7.57. The van der Waals surface area contributed by atoms with E-state index in [1.807, 2.05) is 0 Å². The number of methoxy groups -OCH3 is 2. The number of H-pyrrole nitrogens is 1. The number of esters is 2. The molecule has 192 valence electrons. The van der Waals surface area contributed by atoms with Gasteiger partial charge in [0.05, 0.1) is 37.4 Å². The molecule has 1 N–H and O–H groups in total. The Morgan fingerprint density at radius 1 is 1.00 bits per heavy atom. The fourth-order valence-electron chi connectivity index (χ4n) is 3.03. The van der Waals surface area contributed by atoms with Crippen molar-refractivity contribution < 1.29 is 32.6 Å². The van der Waals surface area contributed by atoms with Gasteiger partial charge in [-0.2, -0.15) is 10.2 Å². The highest BCUT2D eigenvalue weighted by Gasteiger charge is 2.20. The summed E-state index contributed by atoms with van der Waals surface area (Å²) < 4.78 is 42.4. The fraction of sp³-hybridized carbons (Fsp3) is 0.364. The first-order valence-corrected chi connectivity index (χ1v) is 14.5. The first kappa shape index (κ1) is 26.8. The molecule has 0 atom stereocenters. The van der Waals surface area contributed by atoms with E-state index in [-0.39, 0.29) is 23.8 Å². The molecule has 0 unspecified atom stereocenters. The molecule has 0 aliphatic heterocycles. The van der Waals surface area contributed by atoms with Gasteiger partial charge in [-0.05, 0) is 18.2 Å². The van der Waals surface area contributed by atoms with Gasteiger partial charge < -0.3 is 14.2 Å². The van der Waals surface area contributed by atoms with E-state index in [4.69, 9.17) is 4.74 Å². The van der Waals surface area contributed by atoms with Crippen LogP contribution in [0.4, 0.5) is 8.78 Å². The number of halogens is 2. The number of nitrogens with one attached hydrogen (secondary N) is 1. The Kier molecular flexibility index (Phi) is 8.42. The van der Waals surface area contributed by atoms with E-state index in [9.17, 15) is 18.4 Å². The molecule has 0 bridgehead atoms. The lowest BCUT2D eigenvalue weighted by Gasteiger charge is -2.15. The van der Waals surface area contributed by atoms with Gasteiger partial charge in [0.1, 0.15) is 18.4 Å². The van der Waals surface area contributed by atoms with Crippen molar-refractivity contribution in [3.63, 3.8) is 0 Å². The van der Waals surface area contributed by atoms with Crippen molar-refractivity contribution in [3.05, 3.63) is 47.5 Å². The normalized spacial score (nSPS) is 11.3. The van der Waals surface area contributed by atoms with Gasteiger partial charge in [-0.1, -0.05) is 19.6 Å². The van der Waals surface area contributed by atoms with Crippen LogP contribution in [0.1, 0.15) is 21.0 Å². The molecule has 0 aromatic carbocycles. The van der Waals surface area contributed by atoms with Crippen LogP contribution in [-0.4, -0.2) is 70.8 Å². The molecule has 0 saturated heterocycles. The number of rotatable bonds is 7. The standard InChI is InChI=1S/C14H20FN3O3Si.C8H6FN3O2/c1-20-14(19)12-11-7-10(15)8-16-13(11)18(17-12)9-21-5-6-22(2,3)4;1-14-8(13)6-5-2-4(9)3-10-7(5)12-11-6/h7-8H,5-6,9H2,1-4H3;2-3H,1H3,(H,10,11,12). The largest absolute Gasteiger partial charge is 0.464 e. The molecular weight excluding hydrogens is 494 g/mol. The number of fused-ring (bicyclic) bond motifs is 2. The first-order chi connectivity index (χ1) is 17.0. The summed E-state index contributed by atoms with van der Waals surface area (Å²) in [5.74, 6) is -2.28. The first-order valence-electron chi connectivity index (χ1n) is 10.8. The second kappa shape index (κ2) is 11.3. The van der Waals surface area contributed by atoms with Gasteiger partial charge in [0.15, 0.2) is 22.7 Å². The minimum atomic E-state index is -1.17. The maximum Gasteiger partial charge on any atom is 0.359 e. The van der Waals surface area contributed by atoms with Crippen molar-refractivity contribution >= 4 is 42.1 Å². The van der Waals surface area contributed by atoms with Crippen molar-refractivity contribution in [2.75, 3.05) is 20.8 Å². The van der Waals surface area contributed by atoms with E-state index in [1.54, 1.807) is 0 Å². The smallest absolute Gasteiger partial charge is 0.359 e. The van der Waals surface area contributed by atoms with E-state index in [0.717, 1.165) is 18.4 Å². The van der Waals surface area contributed by atoms with Crippen LogP contribution < -0.4 is 0 Å². The van der Waals surface area contributed by atoms with Gasteiger partial charge in [-0.15, -0.1) is 0 Å². The highest BCUT2D eigenvalue weighted by atomic mass is 28.3. The lowest BCUT2D eigenvalue weighted by molar-refractivity contribution is 0.0580. The van der Waals surface area contributed by atoms with E-state index in [2.05, 4.69) is 54.4 Å². The molecule has 4 rings (SSSR count). The number of nitrogens with zero attached hydrogens (tertiary/aromatic N) is 5. The number of aromatic amines is 1. The zero-order chi connectivity index (χ0) is 26.5. The van der Waals surface area contributed by atoms with Gasteiger partial charge in [-0.3, -0.25) is 5.10 Å². The third-order valence-corrected chi connectivity index (χ3v) is 6.61. The van der Waals surface area contributed by atoms with Crippen LogP contribution in [0.5, 0.6) is 0 Å².